The highest BCUT2D eigenvalue weighted by Gasteiger charge is 2.46. The molecule has 0 spiro atoms. The van der Waals surface area contributed by atoms with E-state index in [4.69, 9.17) is 5.73 Å². The third-order valence-corrected chi connectivity index (χ3v) is 5.07. The summed E-state index contributed by atoms with van der Waals surface area (Å²) >= 11 is 0. The van der Waals surface area contributed by atoms with Crippen LogP contribution in [-0.4, -0.2) is 66.1 Å². The highest BCUT2D eigenvalue weighted by Crippen LogP contribution is 2.28. The summed E-state index contributed by atoms with van der Waals surface area (Å²) in [6, 6.07) is 5.00. The molecule has 2 aliphatic rings. The molecule has 0 radical (unpaired) electrons. The molecule has 1 amide bonds. The first-order valence-corrected chi connectivity index (χ1v) is 10.7. The number of anilines is 1. The van der Waals surface area contributed by atoms with Crippen molar-refractivity contribution in [3.8, 4) is 0 Å². The molecule has 0 aromatic carbocycles. The summed E-state index contributed by atoms with van der Waals surface area (Å²) in [5.74, 6) is 0.00939. The Bertz CT molecular complexity index is 960. The third kappa shape index (κ3) is 6.14. The Balaban J connectivity index is 0.000000914. The van der Waals surface area contributed by atoms with Crippen molar-refractivity contribution >= 4 is 17.2 Å². The molecule has 4 N–H and O–H groups in total. The van der Waals surface area contributed by atoms with Gasteiger partial charge in [-0.1, -0.05) is 13.8 Å². The number of nitrogens with two attached hydrogens (primary N) is 1. The number of alkyl halides is 4. The van der Waals surface area contributed by atoms with Crippen LogP contribution < -0.4 is 21.4 Å². The lowest BCUT2D eigenvalue weighted by molar-refractivity contribution is -0.151. The van der Waals surface area contributed by atoms with Crippen molar-refractivity contribution in [2.45, 2.75) is 44.9 Å². The third-order valence-electron chi connectivity index (χ3n) is 5.07. The van der Waals surface area contributed by atoms with E-state index < -0.39 is 18.1 Å². The van der Waals surface area contributed by atoms with Crippen LogP contribution in [-0.2, 0) is 0 Å². The van der Waals surface area contributed by atoms with Gasteiger partial charge in [0, 0.05) is 32.4 Å². The van der Waals surface area contributed by atoms with Gasteiger partial charge in [-0.2, -0.15) is 13.2 Å². The van der Waals surface area contributed by atoms with Crippen LogP contribution in [0.1, 0.15) is 37.2 Å². The van der Waals surface area contributed by atoms with Crippen LogP contribution in [0.15, 0.2) is 36.2 Å². The summed E-state index contributed by atoms with van der Waals surface area (Å²) < 4.78 is 50.6. The molecule has 12 heteroatoms. The summed E-state index contributed by atoms with van der Waals surface area (Å²) in [7, 11) is 1.93. The molecule has 1 fully saturated rings. The van der Waals surface area contributed by atoms with Gasteiger partial charge in [0.2, 0.25) is 0 Å². The number of amides is 1. The molecule has 2 atom stereocenters. The van der Waals surface area contributed by atoms with Gasteiger partial charge in [0.25, 0.3) is 5.91 Å². The lowest BCUT2D eigenvalue weighted by atomic mass is 10.1. The zero-order valence-corrected chi connectivity index (χ0v) is 19.2. The fourth-order valence-corrected chi connectivity index (χ4v) is 3.68. The van der Waals surface area contributed by atoms with Gasteiger partial charge < -0.3 is 21.0 Å². The van der Waals surface area contributed by atoms with Crippen LogP contribution in [0.4, 0.5) is 23.4 Å². The molecular weight excluding hydrogens is 442 g/mol. The number of nitrogens with one attached hydrogen (secondary N) is 2. The van der Waals surface area contributed by atoms with Gasteiger partial charge in [0.15, 0.2) is 6.04 Å². The number of halogens is 4. The van der Waals surface area contributed by atoms with E-state index in [0.29, 0.717) is 25.1 Å². The number of aromatic nitrogens is 2. The maximum Gasteiger partial charge on any atom is 0.411 e. The van der Waals surface area contributed by atoms with E-state index in [2.05, 4.69) is 15.8 Å². The molecule has 0 aliphatic carbocycles. The van der Waals surface area contributed by atoms with Crippen molar-refractivity contribution in [1.82, 2.24) is 25.4 Å². The van der Waals surface area contributed by atoms with Gasteiger partial charge in [-0.3, -0.25) is 9.18 Å². The molecule has 4 heterocycles. The minimum absolute atomic E-state index is 0.0618. The molecular formula is C21H31F4N7O. The second-order valence-corrected chi connectivity index (χ2v) is 7.35. The normalized spacial score (nSPS) is 20.5. The Hall–Kier alpha value is -2.86. The molecule has 2 aliphatic heterocycles. The average Bonchev–Trinajstić information content (AvgIpc) is 3.39. The van der Waals surface area contributed by atoms with Crippen molar-refractivity contribution in [1.29, 1.82) is 0 Å². The van der Waals surface area contributed by atoms with Crippen LogP contribution in [0.5, 0.6) is 0 Å². The minimum atomic E-state index is -4.54. The Labute approximate surface area is 190 Å². The van der Waals surface area contributed by atoms with Crippen LogP contribution in [0, 0.1) is 0 Å². The number of hydrazine groups is 1. The fourth-order valence-electron chi connectivity index (χ4n) is 3.68. The standard InChI is InChI=1S/C18H22F3N7O.C2H6.CH3F/c1-26-10-13(16(25-26)18(19,20)21)23-17(29)14-6-4-12-5-7-15(24-28(12)14)27-8-2-3-11(22)9-27;2*1-2/h4-7,10-11,16,25H,2-3,8-9,22H2,1H3,(H,23,29);1-2H3;1H3. The smallest absolute Gasteiger partial charge is 0.354 e. The van der Waals surface area contributed by atoms with E-state index >= 15 is 0 Å². The first kappa shape index (κ1) is 26.4. The largest absolute Gasteiger partial charge is 0.411 e. The maximum atomic E-state index is 13.2. The Morgan fingerprint density at radius 2 is 1.88 bits per heavy atom. The van der Waals surface area contributed by atoms with Crippen molar-refractivity contribution < 1.29 is 22.4 Å². The Morgan fingerprint density at radius 1 is 1.21 bits per heavy atom. The summed E-state index contributed by atoms with van der Waals surface area (Å²) in [6.45, 7) is 5.48. The van der Waals surface area contributed by atoms with E-state index in [-0.39, 0.29) is 17.4 Å². The van der Waals surface area contributed by atoms with Crippen LogP contribution >= 0.6 is 0 Å². The number of hydrogen-bond donors (Lipinski definition) is 3. The van der Waals surface area contributed by atoms with Gasteiger partial charge >= 0.3 is 6.18 Å². The highest BCUT2D eigenvalue weighted by molar-refractivity contribution is 5.95. The van der Waals surface area contributed by atoms with Crippen LogP contribution in [0.25, 0.3) is 5.52 Å². The van der Waals surface area contributed by atoms with Gasteiger partial charge in [0.05, 0.1) is 18.4 Å². The molecule has 184 valence electrons. The quantitative estimate of drug-likeness (QED) is 0.594. The zero-order chi connectivity index (χ0) is 24.8. The lowest BCUT2D eigenvalue weighted by Crippen LogP contribution is -2.47. The average molecular weight is 474 g/mol. The molecule has 8 nitrogen and oxygen atoms in total. The van der Waals surface area contributed by atoms with E-state index in [1.807, 2.05) is 30.9 Å². The fraction of sp³-hybridized carbons (Fsp3) is 0.524. The second-order valence-electron chi connectivity index (χ2n) is 7.35. The molecule has 2 unspecified atom stereocenters. The van der Waals surface area contributed by atoms with Crippen LogP contribution in [0.3, 0.4) is 0 Å². The van der Waals surface area contributed by atoms with Gasteiger partial charge in [0.1, 0.15) is 11.5 Å². The SMILES string of the molecule is CC.CF.CN1C=C(NC(=O)c2ccc3ccc(N4CCCC(N)C4)nn23)C(C(F)(F)F)N1. The minimum Gasteiger partial charge on any atom is -0.354 e. The number of nitrogens with zero attached hydrogens (tertiary/aromatic N) is 4. The number of rotatable bonds is 3. The van der Waals surface area contributed by atoms with Crippen molar-refractivity contribution in [3.63, 3.8) is 0 Å². The number of carbonyl (C=O) groups is 1. The lowest BCUT2D eigenvalue weighted by Gasteiger charge is -2.31. The highest BCUT2D eigenvalue weighted by atomic mass is 19.4. The molecule has 2 aromatic heterocycles. The first-order valence-electron chi connectivity index (χ1n) is 10.7. The van der Waals surface area contributed by atoms with Crippen molar-refractivity contribution in [3.05, 3.63) is 41.9 Å². The number of piperidine rings is 1. The first-order chi connectivity index (χ1) is 15.7. The molecule has 0 saturated carbocycles. The topological polar surface area (TPSA) is 90.9 Å². The molecule has 1 saturated heterocycles. The Morgan fingerprint density at radius 3 is 2.52 bits per heavy atom. The number of hydrogen-bond acceptors (Lipinski definition) is 6. The van der Waals surface area contributed by atoms with Crippen molar-refractivity contribution in [2.75, 3.05) is 32.2 Å². The van der Waals surface area contributed by atoms with Crippen LogP contribution in [0.2, 0.25) is 0 Å². The molecule has 33 heavy (non-hydrogen) atoms. The van der Waals surface area contributed by atoms with Gasteiger partial charge in [-0.05, 0) is 37.1 Å². The predicted octanol–water partition coefficient (Wildman–Crippen LogP) is 2.83. The summed E-state index contributed by atoms with van der Waals surface area (Å²) in [5.41, 5.74) is 8.84. The van der Waals surface area contributed by atoms with E-state index in [9.17, 15) is 22.4 Å². The van der Waals surface area contributed by atoms with Gasteiger partial charge in [-0.15, -0.1) is 5.10 Å². The van der Waals surface area contributed by atoms with Crippen molar-refractivity contribution in [2.24, 2.45) is 5.73 Å². The zero-order valence-electron chi connectivity index (χ0n) is 19.2. The van der Waals surface area contributed by atoms with E-state index in [1.165, 1.54) is 22.8 Å². The van der Waals surface area contributed by atoms with E-state index in [1.54, 1.807) is 12.1 Å². The molecule has 4 rings (SSSR count). The molecule has 0 bridgehead atoms. The predicted molar refractivity (Wildman–Crippen MR) is 119 cm³/mol. The molecule has 2 aromatic rings. The number of carbonyl (C=O) groups excluding carboxylic acids is 1. The Kier molecular flexibility index (Phi) is 9.06. The van der Waals surface area contributed by atoms with Gasteiger partial charge in [-0.25, -0.2) is 9.94 Å². The number of fused-ring (bicyclic) bond motifs is 1. The van der Waals surface area contributed by atoms with E-state index in [0.717, 1.165) is 19.4 Å². The summed E-state index contributed by atoms with van der Waals surface area (Å²) in [6.07, 6.45) is -1.43. The summed E-state index contributed by atoms with van der Waals surface area (Å²) in [5, 5.41) is 8.07. The summed E-state index contributed by atoms with van der Waals surface area (Å²) in [4.78, 5) is 14.8. The second kappa shape index (κ2) is 11.3. The monoisotopic (exact) mass is 473 g/mol. The maximum absolute atomic E-state index is 13.2.